The lowest BCUT2D eigenvalue weighted by molar-refractivity contribution is -0.154. The first kappa shape index (κ1) is 35.5. The van der Waals surface area contributed by atoms with Crippen molar-refractivity contribution >= 4 is 30.7 Å². The molecule has 0 N–H and O–H groups in total. The van der Waals surface area contributed by atoms with Crippen LogP contribution in [-0.4, -0.2) is 85.2 Å². The van der Waals surface area contributed by atoms with Gasteiger partial charge in [-0.15, -0.1) is 24.8 Å². The number of hydrogen-bond donors (Lipinski definition) is 0. The van der Waals surface area contributed by atoms with Gasteiger partial charge in [0, 0.05) is 19.1 Å². The quantitative estimate of drug-likeness (QED) is 0.325. The van der Waals surface area contributed by atoms with Gasteiger partial charge in [0.15, 0.2) is 11.6 Å². The third kappa shape index (κ3) is 9.27. The zero-order chi connectivity index (χ0) is 28.8. The van der Waals surface area contributed by atoms with Gasteiger partial charge < -0.3 is 24.2 Å². The summed E-state index contributed by atoms with van der Waals surface area (Å²) in [5.74, 6) is -1.04. The Balaban J connectivity index is 0.00000253. The average molecular weight is 643 g/mol. The number of halogens is 4. The fraction of sp³-hybridized carbons (Fsp3) is 0.606. The number of morpholine rings is 1. The first-order valence-corrected chi connectivity index (χ1v) is 15.4. The van der Waals surface area contributed by atoms with Gasteiger partial charge in [-0.3, -0.25) is 4.79 Å². The molecule has 0 bridgehead atoms. The molecule has 2 aromatic rings. The second-order valence-electron chi connectivity index (χ2n) is 12.2. The Labute approximate surface area is 267 Å². The maximum Gasteiger partial charge on any atom is 0.227 e. The Bertz CT molecular complexity index is 1180. The monoisotopic (exact) mass is 641 g/mol. The lowest BCUT2D eigenvalue weighted by atomic mass is 9.87. The molecule has 3 aliphatic heterocycles. The second-order valence-corrected chi connectivity index (χ2v) is 12.2. The van der Waals surface area contributed by atoms with E-state index in [-0.39, 0.29) is 43.2 Å². The van der Waals surface area contributed by atoms with Gasteiger partial charge in [-0.1, -0.05) is 24.6 Å². The van der Waals surface area contributed by atoms with Crippen molar-refractivity contribution in [2.45, 2.75) is 76.5 Å². The average Bonchev–Trinajstić information content (AvgIpc) is 2.98. The molecule has 10 heteroatoms. The number of likely N-dealkylation sites (tertiary alicyclic amines) is 2. The van der Waals surface area contributed by atoms with Crippen LogP contribution < -0.4 is 4.74 Å². The lowest BCUT2D eigenvalue weighted by Gasteiger charge is -2.45. The first-order valence-electron chi connectivity index (χ1n) is 15.4. The van der Waals surface area contributed by atoms with Crippen molar-refractivity contribution in [3.8, 4) is 5.75 Å². The van der Waals surface area contributed by atoms with E-state index in [1.807, 2.05) is 43.0 Å². The molecule has 43 heavy (non-hydrogen) atoms. The highest BCUT2D eigenvalue weighted by Gasteiger charge is 2.41. The van der Waals surface area contributed by atoms with Crippen molar-refractivity contribution in [2.75, 3.05) is 52.4 Å². The smallest absolute Gasteiger partial charge is 0.227 e. The van der Waals surface area contributed by atoms with E-state index in [2.05, 4.69) is 9.80 Å². The molecule has 3 fully saturated rings. The molecule has 0 radical (unpaired) electrons. The number of amides is 1. The predicted molar refractivity (Wildman–Crippen MR) is 170 cm³/mol. The molecular formula is C33H47Cl2F2N3O3. The minimum atomic E-state index is -0.894. The Kier molecular flexibility index (Phi) is 13.5. The van der Waals surface area contributed by atoms with E-state index in [1.165, 1.54) is 44.5 Å². The molecule has 2 aromatic carbocycles. The van der Waals surface area contributed by atoms with E-state index in [4.69, 9.17) is 9.47 Å². The van der Waals surface area contributed by atoms with Crippen molar-refractivity contribution < 1.29 is 23.0 Å². The Morgan fingerprint density at radius 3 is 2.42 bits per heavy atom. The van der Waals surface area contributed by atoms with Crippen molar-refractivity contribution in [1.82, 2.24) is 14.7 Å². The van der Waals surface area contributed by atoms with Gasteiger partial charge in [-0.05, 0) is 108 Å². The number of piperidine rings is 2. The molecular weight excluding hydrogens is 595 g/mol. The number of ether oxygens (including phenoxy) is 2. The Hall–Kier alpha value is -1.97. The number of rotatable bonds is 9. The van der Waals surface area contributed by atoms with Crippen LogP contribution in [0.2, 0.25) is 0 Å². The zero-order valence-electron chi connectivity index (χ0n) is 25.4. The van der Waals surface area contributed by atoms with Gasteiger partial charge in [0.2, 0.25) is 5.91 Å². The van der Waals surface area contributed by atoms with E-state index in [0.717, 1.165) is 43.8 Å². The molecule has 1 amide bonds. The van der Waals surface area contributed by atoms with Crippen LogP contribution in [0.3, 0.4) is 0 Å². The number of carbonyl (C=O) groups is 1. The van der Waals surface area contributed by atoms with Crippen LogP contribution in [0.15, 0.2) is 42.5 Å². The summed E-state index contributed by atoms with van der Waals surface area (Å²) < 4.78 is 40.6. The number of benzene rings is 2. The molecule has 3 heterocycles. The topological polar surface area (TPSA) is 45.2 Å². The minimum Gasteiger partial charge on any atom is -0.491 e. The van der Waals surface area contributed by atoms with Crippen LogP contribution in [-0.2, 0) is 21.6 Å². The summed E-state index contributed by atoms with van der Waals surface area (Å²) in [6.07, 6.45) is 7.17. The van der Waals surface area contributed by atoms with E-state index in [1.54, 1.807) is 6.07 Å². The molecule has 3 saturated heterocycles. The summed E-state index contributed by atoms with van der Waals surface area (Å²) in [7, 11) is 0. The van der Waals surface area contributed by atoms with Crippen LogP contribution in [0.4, 0.5) is 8.78 Å². The Morgan fingerprint density at radius 2 is 1.72 bits per heavy atom. The fourth-order valence-electron chi connectivity index (χ4n) is 6.66. The summed E-state index contributed by atoms with van der Waals surface area (Å²) in [6.45, 7) is 10.3. The predicted octanol–water partition coefficient (Wildman–Crippen LogP) is 6.23. The minimum absolute atomic E-state index is 0. The van der Waals surface area contributed by atoms with Gasteiger partial charge in [0.05, 0.1) is 25.7 Å². The largest absolute Gasteiger partial charge is 0.491 e. The van der Waals surface area contributed by atoms with Crippen molar-refractivity contribution in [3.63, 3.8) is 0 Å². The molecule has 240 valence electrons. The zero-order valence-corrected chi connectivity index (χ0v) is 27.1. The lowest BCUT2D eigenvalue weighted by Crippen LogP contribution is -2.54. The molecule has 0 aliphatic carbocycles. The summed E-state index contributed by atoms with van der Waals surface area (Å²) in [5, 5.41) is 0. The van der Waals surface area contributed by atoms with Crippen molar-refractivity contribution in [1.29, 1.82) is 0 Å². The third-order valence-corrected chi connectivity index (χ3v) is 8.91. The van der Waals surface area contributed by atoms with Gasteiger partial charge in [-0.2, -0.15) is 0 Å². The summed E-state index contributed by atoms with van der Waals surface area (Å²) in [6, 6.07) is 12.3. The van der Waals surface area contributed by atoms with Crippen molar-refractivity contribution in [2.24, 2.45) is 0 Å². The maximum atomic E-state index is 14.5. The maximum absolute atomic E-state index is 14.5. The highest BCUT2D eigenvalue weighted by Crippen LogP contribution is 2.35. The molecule has 1 unspecified atom stereocenters. The highest BCUT2D eigenvalue weighted by molar-refractivity contribution is 5.85. The summed E-state index contributed by atoms with van der Waals surface area (Å²) >= 11 is 0. The number of carbonyl (C=O) groups excluding carboxylic acids is 1. The molecule has 1 atom stereocenters. The van der Waals surface area contributed by atoms with E-state index in [0.29, 0.717) is 37.7 Å². The molecule has 5 rings (SSSR count). The van der Waals surface area contributed by atoms with Gasteiger partial charge in [-0.25, -0.2) is 8.78 Å². The van der Waals surface area contributed by atoms with Gasteiger partial charge >= 0.3 is 0 Å². The number of nitrogens with zero attached hydrogens (tertiary/aromatic N) is 3. The fourth-order valence-corrected chi connectivity index (χ4v) is 6.66. The highest BCUT2D eigenvalue weighted by atomic mass is 35.5. The second kappa shape index (κ2) is 16.4. The van der Waals surface area contributed by atoms with Crippen LogP contribution in [0.5, 0.6) is 5.75 Å². The summed E-state index contributed by atoms with van der Waals surface area (Å²) in [5.41, 5.74) is 0.577. The Morgan fingerprint density at radius 1 is 0.977 bits per heavy atom. The number of hydrogen-bond acceptors (Lipinski definition) is 5. The van der Waals surface area contributed by atoms with Crippen molar-refractivity contribution in [3.05, 3.63) is 65.2 Å². The third-order valence-electron chi connectivity index (χ3n) is 8.91. The molecule has 0 saturated carbocycles. The first-order chi connectivity index (χ1) is 19.8. The van der Waals surface area contributed by atoms with Gasteiger partial charge in [0.1, 0.15) is 11.4 Å². The van der Waals surface area contributed by atoms with Crippen LogP contribution in [0, 0.1) is 11.6 Å². The standard InChI is InChI=1S/C33H45F2N3O3.2ClH/c1-25(2)41-29-8-6-7-26(21-29)22-32(39)38-19-20-40-33(24-38,27-9-10-30(34)31(35)23-27)13-18-36-16-11-28(12-17-36)37-14-4-3-5-15-37;;/h6-10,21,23,25,28H,3-5,11-20,22,24H2,1-2H3;2*1H. The van der Waals surface area contributed by atoms with E-state index in [9.17, 15) is 13.6 Å². The molecule has 6 nitrogen and oxygen atoms in total. The van der Waals surface area contributed by atoms with E-state index >= 15 is 0 Å². The van der Waals surface area contributed by atoms with E-state index < -0.39 is 17.2 Å². The molecule has 0 spiro atoms. The summed E-state index contributed by atoms with van der Waals surface area (Å²) in [4.78, 5) is 20.5. The SMILES string of the molecule is CC(C)Oc1cccc(CC(=O)N2CCOC(CCN3CCC(N4CCCCC4)CC3)(c3ccc(F)c(F)c3)C2)c1.Cl.Cl. The molecule has 0 aromatic heterocycles. The van der Waals surface area contributed by atoms with Crippen LogP contribution in [0.25, 0.3) is 0 Å². The normalized spacial score (nSPS) is 22.1. The van der Waals surface area contributed by atoms with Crippen LogP contribution >= 0.6 is 24.8 Å². The van der Waals surface area contributed by atoms with Crippen LogP contribution in [0.1, 0.15) is 63.5 Å². The van der Waals surface area contributed by atoms with Gasteiger partial charge in [0.25, 0.3) is 0 Å². The molecule has 3 aliphatic rings.